The van der Waals surface area contributed by atoms with E-state index < -0.39 is 0 Å². The zero-order valence-corrected chi connectivity index (χ0v) is 13.8. The molecule has 0 atom stereocenters. The van der Waals surface area contributed by atoms with Crippen LogP contribution in [0.2, 0.25) is 0 Å². The third-order valence-electron chi connectivity index (χ3n) is 4.29. The van der Waals surface area contributed by atoms with Gasteiger partial charge < -0.3 is 10.1 Å². The van der Waals surface area contributed by atoms with Crippen LogP contribution in [0.3, 0.4) is 0 Å². The molecule has 0 unspecified atom stereocenters. The van der Waals surface area contributed by atoms with Gasteiger partial charge in [0, 0.05) is 30.7 Å². The van der Waals surface area contributed by atoms with Crippen molar-refractivity contribution in [3.63, 3.8) is 0 Å². The first-order chi connectivity index (χ1) is 11.2. The minimum Gasteiger partial charge on any atom is -0.474 e. The average molecular weight is 312 g/mol. The van der Waals surface area contributed by atoms with E-state index in [2.05, 4.69) is 27.2 Å². The van der Waals surface area contributed by atoms with E-state index in [-0.39, 0.29) is 0 Å². The van der Waals surface area contributed by atoms with Gasteiger partial charge in [0.05, 0.1) is 0 Å². The molecule has 1 fully saturated rings. The quantitative estimate of drug-likeness (QED) is 0.911. The smallest absolute Gasteiger partial charge is 0.223 e. The molecule has 1 N–H and O–H groups in total. The molecule has 5 heteroatoms. The Balaban J connectivity index is 1.56. The summed E-state index contributed by atoms with van der Waals surface area (Å²) in [5.41, 5.74) is 2.07. The van der Waals surface area contributed by atoms with Crippen molar-refractivity contribution in [1.29, 1.82) is 0 Å². The molecule has 0 saturated heterocycles. The van der Waals surface area contributed by atoms with Gasteiger partial charge in [-0.05, 0) is 56.2 Å². The lowest BCUT2D eigenvalue weighted by atomic mass is 9.89. The number of nitrogens with one attached hydrogen (secondary N) is 1. The number of nitrogens with zero attached hydrogens (tertiary/aromatic N) is 3. The second kappa shape index (κ2) is 7.40. The van der Waals surface area contributed by atoms with Crippen molar-refractivity contribution in [3.05, 3.63) is 41.9 Å². The van der Waals surface area contributed by atoms with Crippen LogP contribution in [0.15, 0.2) is 30.6 Å². The van der Waals surface area contributed by atoms with Crippen molar-refractivity contribution in [3.8, 4) is 5.88 Å². The molecule has 2 aromatic rings. The Hall–Kier alpha value is -2.17. The number of anilines is 1. The number of aromatic nitrogens is 3. The molecular weight excluding hydrogens is 288 g/mol. The van der Waals surface area contributed by atoms with E-state index in [4.69, 9.17) is 4.74 Å². The summed E-state index contributed by atoms with van der Waals surface area (Å²) >= 11 is 0. The van der Waals surface area contributed by atoms with Crippen LogP contribution >= 0.6 is 0 Å². The topological polar surface area (TPSA) is 59.9 Å². The molecule has 5 nitrogen and oxygen atoms in total. The molecule has 2 heterocycles. The molecule has 1 aliphatic rings. The van der Waals surface area contributed by atoms with Gasteiger partial charge in [-0.2, -0.15) is 0 Å². The molecule has 0 bridgehead atoms. The first-order valence-electron chi connectivity index (χ1n) is 8.34. The van der Waals surface area contributed by atoms with Crippen molar-refractivity contribution in [2.45, 2.75) is 52.2 Å². The van der Waals surface area contributed by atoms with Crippen LogP contribution in [0.4, 0.5) is 5.95 Å². The Morgan fingerprint density at radius 3 is 2.70 bits per heavy atom. The van der Waals surface area contributed by atoms with Crippen LogP contribution in [0.1, 0.15) is 43.9 Å². The number of rotatable bonds is 5. The van der Waals surface area contributed by atoms with Gasteiger partial charge in [-0.15, -0.1) is 0 Å². The van der Waals surface area contributed by atoms with Gasteiger partial charge in [-0.1, -0.05) is 6.92 Å². The van der Waals surface area contributed by atoms with E-state index in [1.54, 1.807) is 12.4 Å². The molecular formula is C18H24N4O. The van der Waals surface area contributed by atoms with Crippen molar-refractivity contribution < 1.29 is 4.74 Å². The Bertz CT molecular complexity index is 638. The molecule has 0 amide bonds. The lowest BCUT2D eigenvalue weighted by Crippen LogP contribution is -2.23. The maximum Gasteiger partial charge on any atom is 0.223 e. The predicted octanol–water partition coefficient (Wildman–Crippen LogP) is 3.75. The number of hydrogen-bond donors (Lipinski definition) is 1. The van der Waals surface area contributed by atoms with Gasteiger partial charge in [0.25, 0.3) is 0 Å². The van der Waals surface area contributed by atoms with Gasteiger partial charge >= 0.3 is 0 Å². The predicted molar refractivity (Wildman–Crippen MR) is 90.4 cm³/mol. The summed E-state index contributed by atoms with van der Waals surface area (Å²) < 4.78 is 6.05. The zero-order valence-electron chi connectivity index (χ0n) is 13.8. The number of ether oxygens (including phenoxy) is 1. The monoisotopic (exact) mass is 312 g/mol. The minimum absolute atomic E-state index is 0.307. The van der Waals surface area contributed by atoms with E-state index in [9.17, 15) is 0 Å². The lowest BCUT2D eigenvalue weighted by Gasteiger charge is -2.26. The highest BCUT2D eigenvalue weighted by Gasteiger charge is 2.19. The minimum atomic E-state index is 0.307. The number of hydrogen-bond acceptors (Lipinski definition) is 5. The molecule has 1 aliphatic carbocycles. The van der Waals surface area contributed by atoms with Crippen molar-refractivity contribution >= 4 is 5.95 Å². The van der Waals surface area contributed by atoms with Crippen LogP contribution < -0.4 is 10.1 Å². The highest BCUT2D eigenvalue weighted by atomic mass is 16.5. The normalized spacial score (nSPS) is 21.0. The second-order valence-electron chi connectivity index (χ2n) is 6.38. The highest BCUT2D eigenvalue weighted by Crippen LogP contribution is 2.26. The van der Waals surface area contributed by atoms with Crippen LogP contribution in [0.5, 0.6) is 5.88 Å². The third kappa shape index (κ3) is 4.65. The van der Waals surface area contributed by atoms with Crippen LogP contribution in [-0.2, 0) is 6.54 Å². The first kappa shape index (κ1) is 15.7. The van der Waals surface area contributed by atoms with E-state index >= 15 is 0 Å². The van der Waals surface area contributed by atoms with Crippen molar-refractivity contribution in [2.75, 3.05) is 5.32 Å². The van der Waals surface area contributed by atoms with Gasteiger partial charge in [0.15, 0.2) is 0 Å². The molecule has 3 rings (SSSR count). The summed E-state index contributed by atoms with van der Waals surface area (Å²) in [7, 11) is 0. The Kier molecular flexibility index (Phi) is 5.05. The first-order valence-corrected chi connectivity index (χ1v) is 8.34. The molecule has 0 aliphatic heterocycles. The summed E-state index contributed by atoms with van der Waals surface area (Å²) in [6, 6.07) is 5.87. The van der Waals surface area contributed by atoms with E-state index in [1.807, 2.05) is 25.1 Å². The van der Waals surface area contributed by atoms with E-state index in [0.29, 0.717) is 24.5 Å². The summed E-state index contributed by atoms with van der Waals surface area (Å²) in [5.74, 6) is 2.19. The largest absolute Gasteiger partial charge is 0.474 e. The van der Waals surface area contributed by atoms with Crippen molar-refractivity contribution in [1.82, 2.24) is 15.0 Å². The zero-order chi connectivity index (χ0) is 16.1. The summed E-state index contributed by atoms with van der Waals surface area (Å²) in [5, 5.41) is 3.23. The molecule has 0 aromatic carbocycles. The molecule has 1 saturated carbocycles. The lowest BCUT2D eigenvalue weighted by molar-refractivity contribution is 0.130. The van der Waals surface area contributed by atoms with Gasteiger partial charge in [-0.25, -0.2) is 15.0 Å². The van der Waals surface area contributed by atoms with Crippen LogP contribution in [0.25, 0.3) is 0 Å². The summed E-state index contributed by atoms with van der Waals surface area (Å²) in [4.78, 5) is 12.9. The van der Waals surface area contributed by atoms with Gasteiger partial charge in [-0.3, -0.25) is 0 Å². The maximum absolute atomic E-state index is 6.05. The summed E-state index contributed by atoms with van der Waals surface area (Å²) in [6.07, 6.45) is 8.62. The fourth-order valence-electron chi connectivity index (χ4n) is 2.86. The van der Waals surface area contributed by atoms with Gasteiger partial charge in [0.2, 0.25) is 11.8 Å². The molecule has 0 spiro atoms. The standard InChI is InChI=1S/C18H24N4O/c1-13-3-5-16(6-4-13)23-17-11-15(8-10-19-17)12-21-18-20-9-7-14(2)22-18/h7-11,13,16H,3-6,12H2,1-2H3,(H,20,21,22). The highest BCUT2D eigenvalue weighted by molar-refractivity contribution is 5.29. The molecule has 122 valence electrons. The average Bonchev–Trinajstić information content (AvgIpc) is 2.56. The van der Waals surface area contributed by atoms with Crippen LogP contribution in [0, 0.1) is 12.8 Å². The Labute approximate surface area is 137 Å². The molecule has 0 radical (unpaired) electrons. The second-order valence-corrected chi connectivity index (χ2v) is 6.38. The molecule has 2 aromatic heterocycles. The van der Waals surface area contributed by atoms with Gasteiger partial charge in [0.1, 0.15) is 6.10 Å². The number of aryl methyl sites for hydroxylation is 1. The third-order valence-corrected chi connectivity index (χ3v) is 4.29. The number of pyridine rings is 1. The molecule has 23 heavy (non-hydrogen) atoms. The maximum atomic E-state index is 6.05. The fraction of sp³-hybridized carbons (Fsp3) is 0.500. The Morgan fingerprint density at radius 2 is 1.91 bits per heavy atom. The van der Waals surface area contributed by atoms with E-state index in [0.717, 1.165) is 30.0 Å². The fourth-order valence-corrected chi connectivity index (χ4v) is 2.86. The van der Waals surface area contributed by atoms with Crippen molar-refractivity contribution in [2.24, 2.45) is 5.92 Å². The Morgan fingerprint density at radius 1 is 1.13 bits per heavy atom. The SMILES string of the molecule is Cc1ccnc(NCc2ccnc(OC3CCC(C)CC3)c2)n1. The summed E-state index contributed by atoms with van der Waals surface area (Å²) in [6.45, 7) is 4.93. The van der Waals surface area contributed by atoms with Crippen LogP contribution in [-0.4, -0.2) is 21.1 Å². The van der Waals surface area contributed by atoms with E-state index in [1.165, 1.54) is 12.8 Å².